The molecule has 4 heteroatoms. The van der Waals surface area contributed by atoms with Crippen LogP contribution in [0.5, 0.6) is 0 Å². The lowest BCUT2D eigenvalue weighted by atomic mass is 10.2. The number of ether oxygens (including phenoxy) is 1. The predicted octanol–water partition coefficient (Wildman–Crippen LogP) is 3.23. The summed E-state index contributed by atoms with van der Waals surface area (Å²) in [5.74, 6) is -0.226. The third-order valence-electron chi connectivity index (χ3n) is 2.27. The lowest BCUT2D eigenvalue weighted by molar-refractivity contribution is 0.114. The van der Waals surface area contributed by atoms with Gasteiger partial charge >= 0.3 is 0 Å². The minimum Gasteiger partial charge on any atom is -0.377 e. The molecule has 0 spiro atoms. The molecule has 2 nitrogen and oxygen atoms in total. The SMILES string of the molecule is NCCCCCOCc1ccc(Br)cc1F. The van der Waals surface area contributed by atoms with Crippen LogP contribution in [0.1, 0.15) is 24.8 Å². The zero-order chi connectivity index (χ0) is 11.8. The molecule has 2 N–H and O–H groups in total. The Morgan fingerprint density at radius 1 is 1.25 bits per heavy atom. The van der Waals surface area contributed by atoms with Crippen molar-refractivity contribution in [1.82, 2.24) is 0 Å². The number of unbranched alkanes of at least 4 members (excludes halogenated alkanes) is 2. The van der Waals surface area contributed by atoms with Gasteiger partial charge in [-0.3, -0.25) is 0 Å². The van der Waals surface area contributed by atoms with E-state index in [0.29, 0.717) is 18.8 Å². The fourth-order valence-electron chi connectivity index (χ4n) is 1.35. The average molecular weight is 290 g/mol. The van der Waals surface area contributed by atoms with Gasteiger partial charge < -0.3 is 10.5 Å². The van der Waals surface area contributed by atoms with Crippen molar-refractivity contribution >= 4 is 15.9 Å². The predicted molar refractivity (Wildman–Crippen MR) is 66.7 cm³/mol. The van der Waals surface area contributed by atoms with Gasteiger partial charge in [-0.15, -0.1) is 0 Å². The highest BCUT2D eigenvalue weighted by atomic mass is 79.9. The van der Waals surface area contributed by atoms with Crippen LogP contribution in [0.3, 0.4) is 0 Å². The van der Waals surface area contributed by atoms with Crippen molar-refractivity contribution in [3.05, 3.63) is 34.1 Å². The quantitative estimate of drug-likeness (QED) is 0.782. The van der Waals surface area contributed by atoms with Gasteiger partial charge in [0.1, 0.15) is 5.82 Å². The third-order valence-corrected chi connectivity index (χ3v) is 2.76. The Balaban J connectivity index is 2.21. The van der Waals surface area contributed by atoms with Crippen LogP contribution in [0.15, 0.2) is 22.7 Å². The van der Waals surface area contributed by atoms with Gasteiger partial charge in [0, 0.05) is 16.6 Å². The highest BCUT2D eigenvalue weighted by Gasteiger charge is 2.02. The van der Waals surface area contributed by atoms with Crippen molar-refractivity contribution < 1.29 is 9.13 Å². The Kier molecular flexibility index (Phi) is 6.61. The second-order valence-electron chi connectivity index (χ2n) is 3.64. The van der Waals surface area contributed by atoms with Gasteiger partial charge in [-0.05, 0) is 37.9 Å². The standard InChI is InChI=1S/C12H17BrFNO/c13-11-5-4-10(12(14)8-11)9-16-7-3-1-2-6-15/h4-5,8H,1-3,6-7,9,15H2. The van der Waals surface area contributed by atoms with Crippen molar-refractivity contribution in [3.8, 4) is 0 Å². The molecule has 0 aliphatic rings. The molecule has 1 aromatic carbocycles. The Morgan fingerprint density at radius 2 is 2.06 bits per heavy atom. The molecule has 0 saturated carbocycles. The summed E-state index contributed by atoms with van der Waals surface area (Å²) in [6.45, 7) is 1.72. The van der Waals surface area contributed by atoms with E-state index in [4.69, 9.17) is 10.5 Å². The van der Waals surface area contributed by atoms with Crippen LogP contribution in [0.2, 0.25) is 0 Å². The maximum absolute atomic E-state index is 13.4. The lowest BCUT2D eigenvalue weighted by Crippen LogP contribution is -2.01. The lowest BCUT2D eigenvalue weighted by Gasteiger charge is -2.05. The topological polar surface area (TPSA) is 35.2 Å². The van der Waals surface area contributed by atoms with E-state index in [-0.39, 0.29) is 5.82 Å². The fraction of sp³-hybridized carbons (Fsp3) is 0.500. The highest BCUT2D eigenvalue weighted by Crippen LogP contribution is 2.16. The first-order valence-corrected chi connectivity index (χ1v) is 6.25. The van der Waals surface area contributed by atoms with Crippen molar-refractivity contribution in [3.63, 3.8) is 0 Å². The Bertz CT molecular complexity index is 320. The second kappa shape index (κ2) is 7.76. The molecule has 0 heterocycles. The van der Waals surface area contributed by atoms with E-state index in [1.54, 1.807) is 6.07 Å². The van der Waals surface area contributed by atoms with E-state index in [0.717, 1.165) is 30.3 Å². The summed E-state index contributed by atoms with van der Waals surface area (Å²) < 4.78 is 19.5. The van der Waals surface area contributed by atoms with Crippen molar-refractivity contribution in [2.75, 3.05) is 13.2 Å². The van der Waals surface area contributed by atoms with Crippen molar-refractivity contribution in [2.24, 2.45) is 5.73 Å². The molecule has 0 radical (unpaired) electrons. The largest absolute Gasteiger partial charge is 0.377 e. The number of nitrogens with two attached hydrogens (primary N) is 1. The maximum atomic E-state index is 13.4. The van der Waals surface area contributed by atoms with Gasteiger partial charge in [-0.1, -0.05) is 22.0 Å². The minimum absolute atomic E-state index is 0.226. The monoisotopic (exact) mass is 289 g/mol. The normalized spacial score (nSPS) is 10.7. The van der Waals surface area contributed by atoms with E-state index in [2.05, 4.69) is 15.9 Å². The van der Waals surface area contributed by atoms with Gasteiger partial charge in [-0.25, -0.2) is 4.39 Å². The van der Waals surface area contributed by atoms with Gasteiger partial charge in [0.25, 0.3) is 0 Å². The summed E-state index contributed by atoms with van der Waals surface area (Å²) >= 11 is 3.21. The average Bonchev–Trinajstić information content (AvgIpc) is 2.26. The Morgan fingerprint density at radius 3 is 2.75 bits per heavy atom. The van der Waals surface area contributed by atoms with Crippen molar-refractivity contribution in [2.45, 2.75) is 25.9 Å². The second-order valence-corrected chi connectivity index (χ2v) is 4.55. The fourth-order valence-corrected chi connectivity index (χ4v) is 1.68. The van der Waals surface area contributed by atoms with Crippen LogP contribution < -0.4 is 5.73 Å². The van der Waals surface area contributed by atoms with E-state index < -0.39 is 0 Å². The summed E-state index contributed by atoms with van der Waals surface area (Å²) in [4.78, 5) is 0. The highest BCUT2D eigenvalue weighted by molar-refractivity contribution is 9.10. The van der Waals surface area contributed by atoms with Gasteiger partial charge in [0.15, 0.2) is 0 Å². The molecule has 1 rings (SSSR count). The number of benzene rings is 1. The van der Waals surface area contributed by atoms with Crippen LogP contribution in [0, 0.1) is 5.82 Å². The van der Waals surface area contributed by atoms with Crippen LogP contribution in [0.4, 0.5) is 4.39 Å². The molecule has 1 aromatic rings. The summed E-state index contributed by atoms with van der Waals surface area (Å²) in [5.41, 5.74) is 5.97. The number of hydrogen-bond donors (Lipinski definition) is 1. The summed E-state index contributed by atoms with van der Waals surface area (Å²) in [6, 6.07) is 5.00. The summed E-state index contributed by atoms with van der Waals surface area (Å²) in [5, 5.41) is 0. The zero-order valence-electron chi connectivity index (χ0n) is 9.22. The number of halogens is 2. The number of rotatable bonds is 7. The Labute approximate surface area is 104 Å². The molecular formula is C12H17BrFNO. The van der Waals surface area contributed by atoms with E-state index in [1.165, 1.54) is 6.07 Å². The first kappa shape index (κ1) is 13.6. The smallest absolute Gasteiger partial charge is 0.129 e. The van der Waals surface area contributed by atoms with Crippen LogP contribution >= 0.6 is 15.9 Å². The third kappa shape index (κ3) is 5.05. The molecule has 0 amide bonds. The maximum Gasteiger partial charge on any atom is 0.129 e. The first-order valence-electron chi connectivity index (χ1n) is 5.46. The molecule has 0 aliphatic carbocycles. The molecule has 0 aromatic heterocycles. The van der Waals surface area contributed by atoms with E-state index in [1.807, 2.05) is 6.07 Å². The molecule has 0 fully saturated rings. The minimum atomic E-state index is -0.226. The molecule has 0 bridgehead atoms. The van der Waals surface area contributed by atoms with Crippen LogP contribution in [-0.4, -0.2) is 13.2 Å². The van der Waals surface area contributed by atoms with Crippen LogP contribution in [0.25, 0.3) is 0 Å². The first-order chi connectivity index (χ1) is 7.74. The van der Waals surface area contributed by atoms with E-state index in [9.17, 15) is 4.39 Å². The summed E-state index contributed by atoms with van der Waals surface area (Å²) in [6.07, 6.45) is 3.07. The molecule has 0 atom stereocenters. The van der Waals surface area contributed by atoms with Crippen molar-refractivity contribution in [1.29, 1.82) is 0 Å². The Hall–Kier alpha value is -0.450. The van der Waals surface area contributed by atoms with Crippen LogP contribution in [-0.2, 0) is 11.3 Å². The van der Waals surface area contributed by atoms with E-state index >= 15 is 0 Å². The van der Waals surface area contributed by atoms with Gasteiger partial charge in [0.2, 0.25) is 0 Å². The molecule has 0 unspecified atom stereocenters. The molecular weight excluding hydrogens is 273 g/mol. The van der Waals surface area contributed by atoms with Gasteiger partial charge in [0.05, 0.1) is 6.61 Å². The summed E-state index contributed by atoms with van der Waals surface area (Å²) in [7, 11) is 0. The number of hydrogen-bond acceptors (Lipinski definition) is 2. The zero-order valence-corrected chi connectivity index (χ0v) is 10.8. The molecule has 0 aliphatic heterocycles. The van der Waals surface area contributed by atoms with Gasteiger partial charge in [-0.2, -0.15) is 0 Å². The molecule has 16 heavy (non-hydrogen) atoms. The molecule has 0 saturated heterocycles. The molecule has 90 valence electrons.